The van der Waals surface area contributed by atoms with Crippen molar-refractivity contribution < 1.29 is 0 Å². The molecule has 0 aliphatic carbocycles. The Morgan fingerprint density at radius 3 is 1.38 bits per heavy atom. The summed E-state index contributed by atoms with van der Waals surface area (Å²) in [5.74, 6) is 0. The van der Waals surface area contributed by atoms with Crippen molar-refractivity contribution in [3.8, 4) is 11.1 Å². The van der Waals surface area contributed by atoms with E-state index < -0.39 is 0 Å². The molecule has 2 rings (SSSR count). The van der Waals surface area contributed by atoms with Crippen LogP contribution in [-0.4, -0.2) is 0 Å². The lowest BCUT2D eigenvalue weighted by Crippen LogP contribution is -1.84. The number of rotatable bonds is 1. The van der Waals surface area contributed by atoms with Crippen molar-refractivity contribution in [1.82, 2.24) is 0 Å². The smallest absolute Gasteiger partial charge is 0.0256 e. The van der Waals surface area contributed by atoms with Crippen molar-refractivity contribution in [2.45, 2.75) is 13.8 Å². The van der Waals surface area contributed by atoms with E-state index in [4.69, 9.17) is 0 Å². The summed E-state index contributed by atoms with van der Waals surface area (Å²) in [6, 6.07) is 12.8. The molecule has 0 aliphatic heterocycles. The lowest BCUT2D eigenvalue weighted by atomic mass is 10.0. The highest BCUT2D eigenvalue weighted by Gasteiger charge is 2.06. The molecule has 0 spiro atoms. The topological polar surface area (TPSA) is 0 Å². The monoisotopic (exact) mass is 338 g/mol. The summed E-state index contributed by atoms with van der Waals surface area (Å²) >= 11 is 7.23. The summed E-state index contributed by atoms with van der Waals surface area (Å²) in [6.45, 7) is 4.19. The summed E-state index contributed by atoms with van der Waals surface area (Å²) in [5.41, 5.74) is 4.97. The van der Waals surface area contributed by atoms with Gasteiger partial charge in [-0.1, -0.05) is 56.1 Å². The fraction of sp³-hybridized carbons (Fsp3) is 0.143. The van der Waals surface area contributed by atoms with E-state index in [9.17, 15) is 0 Å². The maximum absolute atomic E-state index is 3.62. The number of hydrogen-bond donors (Lipinski definition) is 0. The van der Waals surface area contributed by atoms with Crippen molar-refractivity contribution in [1.29, 1.82) is 0 Å². The van der Waals surface area contributed by atoms with E-state index in [0.29, 0.717) is 0 Å². The first-order valence-corrected chi connectivity index (χ1v) is 6.69. The summed E-state index contributed by atoms with van der Waals surface area (Å²) in [4.78, 5) is 0. The zero-order chi connectivity index (χ0) is 11.7. The van der Waals surface area contributed by atoms with Gasteiger partial charge in [-0.25, -0.2) is 0 Å². The molecule has 0 fully saturated rings. The fourth-order valence-corrected chi connectivity index (χ4v) is 3.09. The number of halogens is 2. The molecular weight excluding hydrogens is 328 g/mol. The lowest BCUT2D eigenvalue weighted by molar-refractivity contribution is 1.42. The van der Waals surface area contributed by atoms with Crippen LogP contribution in [0.3, 0.4) is 0 Å². The van der Waals surface area contributed by atoms with E-state index in [0.717, 1.165) is 8.95 Å². The van der Waals surface area contributed by atoms with Crippen LogP contribution in [0.5, 0.6) is 0 Å². The van der Waals surface area contributed by atoms with Gasteiger partial charge in [0.15, 0.2) is 0 Å². The SMILES string of the molecule is Cc1ccc(-c2ccc(C)cc2Br)c(Br)c1. The predicted octanol–water partition coefficient (Wildman–Crippen LogP) is 5.50. The molecule has 2 heteroatoms. The lowest BCUT2D eigenvalue weighted by Gasteiger charge is -2.08. The molecule has 0 unspecified atom stereocenters. The third-order valence-electron chi connectivity index (χ3n) is 2.54. The van der Waals surface area contributed by atoms with Gasteiger partial charge in [0.1, 0.15) is 0 Å². The predicted molar refractivity (Wildman–Crippen MR) is 76.8 cm³/mol. The van der Waals surface area contributed by atoms with E-state index in [1.54, 1.807) is 0 Å². The molecule has 0 radical (unpaired) electrons. The van der Waals surface area contributed by atoms with Crippen molar-refractivity contribution in [3.05, 3.63) is 56.5 Å². The van der Waals surface area contributed by atoms with Crippen molar-refractivity contribution in [2.75, 3.05) is 0 Å². The minimum absolute atomic E-state index is 1.14. The standard InChI is InChI=1S/C14H12Br2/c1-9-3-5-11(13(15)7-9)12-6-4-10(2)8-14(12)16/h3-8H,1-2H3. The van der Waals surface area contributed by atoms with Crippen LogP contribution in [0.15, 0.2) is 45.3 Å². The average molecular weight is 340 g/mol. The van der Waals surface area contributed by atoms with Gasteiger partial charge >= 0.3 is 0 Å². The summed E-state index contributed by atoms with van der Waals surface area (Å²) in [7, 11) is 0. The van der Waals surface area contributed by atoms with Crippen molar-refractivity contribution in [3.63, 3.8) is 0 Å². The first kappa shape index (κ1) is 11.9. The Labute approximate surface area is 113 Å². The molecule has 2 aromatic carbocycles. The zero-order valence-electron chi connectivity index (χ0n) is 9.22. The van der Waals surface area contributed by atoms with Crippen LogP contribution in [0.1, 0.15) is 11.1 Å². The normalized spacial score (nSPS) is 10.5. The Morgan fingerprint density at radius 1 is 0.688 bits per heavy atom. The van der Waals surface area contributed by atoms with Crippen LogP contribution in [0.25, 0.3) is 11.1 Å². The van der Waals surface area contributed by atoms with Crippen molar-refractivity contribution in [2.24, 2.45) is 0 Å². The first-order chi connectivity index (χ1) is 7.58. The van der Waals surface area contributed by atoms with E-state index in [1.807, 2.05) is 0 Å². The average Bonchev–Trinajstić information content (AvgIpc) is 2.19. The highest BCUT2D eigenvalue weighted by atomic mass is 79.9. The van der Waals surface area contributed by atoms with Crippen LogP contribution in [0, 0.1) is 13.8 Å². The second-order valence-corrected chi connectivity index (χ2v) is 5.68. The molecule has 0 atom stereocenters. The molecule has 0 nitrogen and oxygen atoms in total. The molecule has 16 heavy (non-hydrogen) atoms. The summed E-state index contributed by atoms with van der Waals surface area (Å²) < 4.78 is 2.27. The minimum atomic E-state index is 1.14. The highest BCUT2D eigenvalue weighted by molar-refractivity contribution is 9.11. The maximum atomic E-state index is 3.62. The van der Waals surface area contributed by atoms with Gasteiger partial charge < -0.3 is 0 Å². The number of aryl methyl sites for hydroxylation is 2. The minimum Gasteiger partial charge on any atom is -0.0586 e. The van der Waals surface area contributed by atoms with Crippen LogP contribution in [0.4, 0.5) is 0 Å². The molecule has 82 valence electrons. The Morgan fingerprint density at radius 2 is 1.06 bits per heavy atom. The van der Waals surface area contributed by atoms with Gasteiger partial charge in [-0.05, 0) is 48.2 Å². The van der Waals surface area contributed by atoms with Crippen LogP contribution in [-0.2, 0) is 0 Å². The molecule has 0 saturated heterocycles. The Hall–Kier alpha value is -0.600. The van der Waals surface area contributed by atoms with Gasteiger partial charge in [0, 0.05) is 8.95 Å². The molecule has 2 aromatic rings. The van der Waals surface area contributed by atoms with Gasteiger partial charge in [0.2, 0.25) is 0 Å². The Bertz CT molecular complexity index is 481. The van der Waals surface area contributed by atoms with E-state index in [2.05, 4.69) is 82.1 Å². The summed E-state index contributed by atoms with van der Waals surface area (Å²) in [6.07, 6.45) is 0. The van der Waals surface area contributed by atoms with Gasteiger partial charge in [-0.3, -0.25) is 0 Å². The molecule has 0 amide bonds. The van der Waals surface area contributed by atoms with Gasteiger partial charge in [0.25, 0.3) is 0 Å². The third-order valence-corrected chi connectivity index (χ3v) is 3.85. The maximum Gasteiger partial charge on any atom is 0.0256 e. The summed E-state index contributed by atoms with van der Waals surface area (Å²) in [5, 5.41) is 0. The zero-order valence-corrected chi connectivity index (χ0v) is 12.4. The number of benzene rings is 2. The quantitative estimate of drug-likeness (QED) is 0.644. The molecule has 0 bridgehead atoms. The third kappa shape index (κ3) is 2.38. The first-order valence-electron chi connectivity index (χ1n) is 5.10. The molecule has 0 aliphatic rings. The Kier molecular flexibility index (Phi) is 3.50. The van der Waals surface area contributed by atoms with Crippen LogP contribution in [0.2, 0.25) is 0 Å². The van der Waals surface area contributed by atoms with E-state index in [-0.39, 0.29) is 0 Å². The van der Waals surface area contributed by atoms with Crippen molar-refractivity contribution >= 4 is 31.9 Å². The van der Waals surface area contributed by atoms with Crippen LogP contribution < -0.4 is 0 Å². The highest BCUT2D eigenvalue weighted by Crippen LogP contribution is 2.34. The Balaban J connectivity index is 2.59. The second-order valence-electron chi connectivity index (χ2n) is 3.97. The van der Waals surface area contributed by atoms with Crippen LogP contribution >= 0.6 is 31.9 Å². The largest absolute Gasteiger partial charge is 0.0586 e. The van der Waals surface area contributed by atoms with Gasteiger partial charge in [-0.2, -0.15) is 0 Å². The van der Waals surface area contributed by atoms with E-state index >= 15 is 0 Å². The molecule has 0 N–H and O–H groups in total. The molecule has 0 aromatic heterocycles. The van der Waals surface area contributed by atoms with E-state index in [1.165, 1.54) is 22.3 Å². The molecule has 0 heterocycles. The number of hydrogen-bond acceptors (Lipinski definition) is 0. The molecular formula is C14H12Br2. The molecule has 0 saturated carbocycles. The van der Waals surface area contributed by atoms with Gasteiger partial charge in [0.05, 0.1) is 0 Å². The van der Waals surface area contributed by atoms with Gasteiger partial charge in [-0.15, -0.1) is 0 Å². The second kappa shape index (κ2) is 4.72. The fourth-order valence-electron chi connectivity index (χ4n) is 1.68.